The highest BCUT2D eigenvalue weighted by Gasteiger charge is 2.44. The molecular weight excluding hydrogens is 389 g/mol. The lowest BCUT2D eigenvalue weighted by Crippen LogP contribution is -2.65. The topological polar surface area (TPSA) is 80.8 Å². The van der Waals surface area contributed by atoms with E-state index >= 15 is 0 Å². The third-order valence-electron chi connectivity index (χ3n) is 4.95. The first-order chi connectivity index (χ1) is 13.6. The molecule has 29 heavy (non-hydrogen) atoms. The molecule has 3 rings (SSSR count). The molecule has 0 saturated carbocycles. The molecule has 10 heteroatoms. The van der Waals surface area contributed by atoms with Gasteiger partial charge < -0.3 is 14.3 Å². The highest BCUT2D eigenvalue weighted by atomic mass is 19.4. The Hall–Kier alpha value is -2.91. The number of amides is 1. The number of oxime groups is 1. The lowest BCUT2D eigenvalue weighted by molar-refractivity contribution is -0.159. The van der Waals surface area contributed by atoms with E-state index in [0.717, 1.165) is 11.3 Å². The van der Waals surface area contributed by atoms with Crippen LogP contribution in [0.2, 0.25) is 0 Å². The fraction of sp³-hybridized carbons (Fsp3) is 0.474. The molecule has 1 aromatic heterocycles. The second-order valence-electron chi connectivity index (χ2n) is 6.80. The summed E-state index contributed by atoms with van der Waals surface area (Å²) in [5.74, 6) is -2.05. The van der Waals surface area contributed by atoms with E-state index in [1.54, 1.807) is 36.1 Å². The summed E-state index contributed by atoms with van der Waals surface area (Å²) in [6.45, 7) is 7.86. The van der Waals surface area contributed by atoms with Gasteiger partial charge in [0.2, 0.25) is 11.7 Å². The van der Waals surface area contributed by atoms with Crippen molar-refractivity contribution < 1.29 is 27.3 Å². The van der Waals surface area contributed by atoms with Gasteiger partial charge in [-0.05, 0) is 33.3 Å². The normalized spacial score (nSPS) is 20.2. The maximum Gasteiger partial charge on any atom is 0.471 e. The van der Waals surface area contributed by atoms with Crippen molar-refractivity contribution in [3.8, 4) is 11.4 Å². The molecule has 0 radical (unpaired) electrons. The predicted molar refractivity (Wildman–Crippen MR) is 98.0 cm³/mol. The van der Waals surface area contributed by atoms with Gasteiger partial charge in [-0.1, -0.05) is 34.6 Å². The van der Waals surface area contributed by atoms with E-state index < -0.39 is 18.0 Å². The van der Waals surface area contributed by atoms with Crippen molar-refractivity contribution in [3.05, 3.63) is 35.7 Å². The Balaban J connectivity index is 1.71. The van der Waals surface area contributed by atoms with E-state index in [9.17, 15) is 18.0 Å². The van der Waals surface area contributed by atoms with E-state index in [4.69, 9.17) is 4.84 Å². The number of nitrogens with zero attached hydrogens (tertiary/aromatic N) is 4. The van der Waals surface area contributed by atoms with Crippen molar-refractivity contribution in [1.82, 2.24) is 15.0 Å². The van der Waals surface area contributed by atoms with Gasteiger partial charge in [0.15, 0.2) is 0 Å². The number of carbonyl (C=O) groups excluding carboxylic acids is 1. The minimum absolute atomic E-state index is 0.0629. The second kappa shape index (κ2) is 7.84. The summed E-state index contributed by atoms with van der Waals surface area (Å²) in [5.41, 5.74) is 1.91. The molecule has 1 aliphatic rings. The SMILES string of the molecule is CCON=C1C(C)N(C(=O)C(C)c2ccc(-c3noc(C(F)(F)F)n3)cc2)C1C. The average Bonchev–Trinajstić information content (AvgIpc) is 3.18. The predicted octanol–water partition coefficient (Wildman–Crippen LogP) is 3.87. The molecule has 0 N–H and O–H groups in total. The summed E-state index contributed by atoms with van der Waals surface area (Å²) in [4.78, 5) is 23.1. The number of rotatable bonds is 5. The monoisotopic (exact) mass is 410 g/mol. The van der Waals surface area contributed by atoms with Gasteiger partial charge in [0.25, 0.3) is 0 Å². The summed E-state index contributed by atoms with van der Waals surface area (Å²) < 4.78 is 42.0. The van der Waals surface area contributed by atoms with Crippen LogP contribution in [0.1, 0.15) is 45.1 Å². The van der Waals surface area contributed by atoms with Crippen LogP contribution in [0, 0.1) is 0 Å². The Morgan fingerprint density at radius 2 is 1.90 bits per heavy atom. The zero-order valence-corrected chi connectivity index (χ0v) is 16.4. The number of benzene rings is 1. The summed E-state index contributed by atoms with van der Waals surface area (Å²) in [6, 6.07) is 6.18. The molecule has 1 amide bonds. The third-order valence-corrected chi connectivity index (χ3v) is 4.95. The van der Waals surface area contributed by atoms with Crippen LogP contribution < -0.4 is 0 Å². The Kier molecular flexibility index (Phi) is 5.63. The third kappa shape index (κ3) is 3.96. The molecule has 3 atom stereocenters. The largest absolute Gasteiger partial charge is 0.471 e. The van der Waals surface area contributed by atoms with E-state index in [0.29, 0.717) is 12.2 Å². The minimum atomic E-state index is -4.69. The van der Waals surface area contributed by atoms with Gasteiger partial charge in [-0.25, -0.2) is 0 Å². The summed E-state index contributed by atoms with van der Waals surface area (Å²) >= 11 is 0. The van der Waals surface area contributed by atoms with Gasteiger partial charge in [-0.15, -0.1) is 0 Å². The van der Waals surface area contributed by atoms with Crippen LogP contribution in [0.5, 0.6) is 0 Å². The molecule has 0 aliphatic carbocycles. The fourth-order valence-electron chi connectivity index (χ4n) is 3.30. The van der Waals surface area contributed by atoms with Gasteiger partial charge in [0.05, 0.1) is 18.0 Å². The molecule has 0 spiro atoms. The van der Waals surface area contributed by atoms with E-state index in [-0.39, 0.29) is 23.8 Å². The van der Waals surface area contributed by atoms with E-state index in [1.807, 2.05) is 20.8 Å². The van der Waals surface area contributed by atoms with Crippen molar-refractivity contribution in [2.75, 3.05) is 6.61 Å². The lowest BCUT2D eigenvalue weighted by Gasteiger charge is -2.47. The lowest BCUT2D eigenvalue weighted by atomic mass is 9.88. The number of aromatic nitrogens is 2. The first-order valence-electron chi connectivity index (χ1n) is 9.18. The summed E-state index contributed by atoms with van der Waals surface area (Å²) in [7, 11) is 0. The first-order valence-corrected chi connectivity index (χ1v) is 9.18. The molecule has 156 valence electrons. The number of hydrogen-bond acceptors (Lipinski definition) is 6. The highest BCUT2D eigenvalue weighted by molar-refractivity contribution is 6.05. The van der Waals surface area contributed by atoms with Crippen molar-refractivity contribution in [3.63, 3.8) is 0 Å². The molecule has 0 bridgehead atoms. The van der Waals surface area contributed by atoms with Crippen molar-refractivity contribution in [2.45, 2.75) is 51.9 Å². The fourth-order valence-corrected chi connectivity index (χ4v) is 3.30. The Bertz CT molecular complexity index is 896. The number of halogens is 3. The standard InChI is InChI=1S/C19H21F3N4O3/c1-5-28-24-15-11(3)26(12(15)4)17(27)10(2)13-6-8-14(9-7-13)16-23-18(29-25-16)19(20,21)22/h6-12H,5H2,1-4H3. The van der Waals surface area contributed by atoms with Crippen LogP contribution in [0.3, 0.4) is 0 Å². The zero-order valence-electron chi connectivity index (χ0n) is 16.4. The average molecular weight is 410 g/mol. The van der Waals surface area contributed by atoms with Gasteiger partial charge >= 0.3 is 12.1 Å². The Labute approximate surface area is 165 Å². The Morgan fingerprint density at radius 3 is 2.41 bits per heavy atom. The quantitative estimate of drug-likeness (QED) is 0.699. The van der Waals surface area contributed by atoms with Crippen LogP contribution in [0.25, 0.3) is 11.4 Å². The van der Waals surface area contributed by atoms with Gasteiger partial charge in [0.1, 0.15) is 12.3 Å². The van der Waals surface area contributed by atoms with Crippen molar-refractivity contribution in [1.29, 1.82) is 0 Å². The van der Waals surface area contributed by atoms with Crippen LogP contribution in [0.15, 0.2) is 33.9 Å². The summed E-state index contributed by atoms with van der Waals surface area (Å²) in [6.07, 6.45) is -4.69. The number of likely N-dealkylation sites (tertiary alicyclic amines) is 1. The van der Waals surface area contributed by atoms with E-state index in [1.165, 1.54) is 0 Å². The van der Waals surface area contributed by atoms with Crippen LogP contribution in [-0.2, 0) is 15.8 Å². The van der Waals surface area contributed by atoms with Gasteiger partial charge in [0, 0.05) is 5.56 Å². The van der Waals surface area contributed by atoms with Crippen LogP contribution in [0.4, 0.5) is 13.2 Å². The first kappa shape index (κ1) is 20.8. The highest BCUT2D eigenvalue weighted by Crippen LogP contribution is 2.31. The van der Waals surface area contributed by atoms with Crippen LogP contribution >= 0.6 is 0 Å². The summed E-state index contributed by atoms with van der Waals surface area (Å²) in [5, 5.41) is 7.42. The number of alkyl halides is 3. The number of hydrogen-bond donors (Lipinski definition) is 0. The molecule has 7 nitrogen and oxygen atoms in total. The molecule has 3 unspecified atom stereocenters. The smallest absolute Gasteiger partial charge is 0.396 e. The number of carbonyl (C=O) groups is 1. The Morgan fingerprint density at radius 1 is 1.28 bits per heavy atom. The van der Waals surface area contributed by atoms with Crippen molar-refractivity contribution in [2.24, 2.45) is 5.16 Å². The minimum Gasteiger partial charge on any atom is -0.396 e. The molecular formula is C19H21F3N4O3. The van der Waals surface area contributed by atoms with Gasteiger partial charge in [-0.2, -0.15) is 18.2 Å². The molecule has 1 aromatic carbocycles. The van der Waals surface area contributed by atoms with E-state index in [2.05, 4.69) is 19.8 Å². The van der Waals surface area contributed by atoms with Crippen LogP contribution in [-0.4, -0.2) is 45.3 Å². The zero-order chi connectivity index (χ0) is 21.3. The van der Waals surface area contributed by atoms with Gasteiger partial charge in [-0.3, -0.25) is 4.79 Å². The van der Waals surface area contributed by atoms with Crippen molar-refractivity contribution >= 4 is 11.6 Å². The molecule has 2 aromatic rings. The molecule has 1 aliphatic heterocycles. The second-order valence-corrected chi connectivity index (χ2v) is 6.80. The maximum absolute atomic E-state index is 12.9. The molecule has 1 fully saturated rings. The molecule has 1 saturated heterocycles. The molecule has 2 heterocycles. The maximum atomic E-state index is 12.9.